The minimum absolute atomic E-state index is 0.572. The van der Waals surface area contributed by atoms with E-state index in [0.29, 0.717) is 17.5 Å². The lowest BCUT2D eigenvalue weighted by Crippen LogP contribution is -2.00. The first-order chi connectivity index (χ1) is 34.2. The highest BCUT2D eigenvalue weighted by Crippen LogP contribution is 2.44. The summed E-state index contributed by atoms with van der Waals surface area (Å²) >= 11 is 0. The summed E-state index contributed by atoms with van der Waals surface area (Å²) < 4.78 is 15.8. The van der Waals surface area contributed by atoms with Gasteiger partial charge in [-0.3, -0.25) is 0 Å². The number of benzene rings is 10. The normalized spacial score (nSPS) is 11.8. The zero-order chi connectivity index (χ0) is 45.4. The Morgan fingerprint density at radius 3 is 1.58 bits per heavy atom. The van der Waals surface area contributed by atoms with Gasteiger partial charge in [-0.25, -0.2) is 15.0 Å². The van der Waals surface area contributed by atoms with Gasteiger partial charge in [-0.2, -0.15) is 0 Å². The lowest BCUT2D eigenvalue weighted by atomic mass is 9.98. The summed E-state index contributed by atoms with van der Waals surface area (Å²) in [5.74, 6) is 1.77. The maximum atomic E-state index is 6.82. The second-order valence-corrected chi connectivity index (χ2v) is 17.5. The van der Waals surface area contributed by atoms with Crippen LogP contribution in [0, 0.1) is 0 Å². The molecule has 0 aliphatic heterocycles. The van der Waals surface area contributed by atoms with Crippen LogP contribution in [-0.2, 0) is 0 Å². The van der Waals surface area contributed by atoms with E-state index in [2.05, 4.69) is 174 Å². The average molecular weight is 883 g/mol. The van der Waals surface area contributed by atoms with Crippen molar-refractivity contribution in [1.29, 1.82) is 0 Å². The smallest absolute Gasteiger partial charge is 0.164 e. The monoisotopic (exact) mass is 882 g/mol. The minimum atomic E-state index is 0.572. The van der Waals surface area contributed by atoms with E-state index in [4.69, 9.17) is 23.8 Å². The molecule has 69 heavy (non-hydrogen) atoms. The Balaban J connectivity index is 0.951. The molecule has 0 N–H and O–H groups in total. The van der Waals surface area contributed by atoms with Gasteiger partial charge in [0.15, 0.2) is 17.5 Å². The molecular formula is C63H38N4O2. The number of furan rings is 2. The largest absolute Gasteiger partial charge is 0.456 e. The number of rotatable bonds is 7. The maximum absolute atomic E-state index is 6.82. The van der Waals surface area contributed by atoms with Gasteiger partial charge < -0.3 is 13.4 Å². The van der Waals surface area contributed by atoms with Crippen molar-refractivity contribution in [1.82, 2.24) is 19.5 Å². The van der Waals surface area contributed by atoms with E-state index in [1.807, 2.05) is 60.7 Å². The number of para-hydroxylation sites is 2. The quantitative estimate of drug-likeness (QED) is 0.159. The summed E-state index contributed by atoms with van der Waals surface area (Å²) in [5, 5.41) is 6.43. The van der Waals surface area contributed by atoms with Crippen LogP contribution in [0.4, 0.5) is 0 Å². The highest BCUT2D eigenvalue weighted by molar-refractivity contribution is 6.15. The predicted molar refractivity (Wildman–Crippen MR) is 281 cm³/mol. The van der Waals surface area contributed by atoms with Gasteiger partial charge in [0.2, 0.25) is 0 Å². The molecule has 0 saturated carbocycles. The van der Waals surface area contributed by atoms with E-state index in [1.165, 1.54) is 21.9 Å². The molecule has 6 nitrogen and oxygen atoms in total. The topological polar surface area (TPSA) is 69.9 Å². The highest BCUT2D eigenvalue weighted by Gasteiger charge is 2.22. The van der Waals surface area contributed by atoms with Crippen LogP contribution in [0.2, 0.25) is 0 Å². The minimum Gasteiger partial charge on any atom is -0.456 e. The second-order valence-electron chi connectivity index (χ2n) is 17.5. The molecule has 0 unspecified atom stereocenters. The third-order valence-corrected chi connectivity index (χ3v) is 13.5. The summed E-state index contributed by atoms with van der Waals surface area (Å²) in [6, 6.07) is 80.4. The fourth-order valence-electron chi connectivity index (χ4n) is 10.2. The number of fused-ring (bicyclic) bond motifs is 9. The molecule has 0 amide bonds. The fraction of sp³-hybridized carbons (Fsp3) is 0. The van der Waals surface area contributed by atoms with E-state index in [-0.39, 0.29) is 0 Å². The Morgan fingerprint density at radius 2 is 0.812 bits per heavy atom. The standard InChI is InChI=1S/C63H38N4O2/c1-4-15-39(16-5-1)41-27-29-43(30-28-41)62-64-61(42-19-8-3-9-20-42)65-63(66-62)49-23-14-26-57-60(49)48-33-31-45(36-58(48)69-57)50-38-59-52(47-22-11-13-25-56(47)68-59)37-55(50)67-53-24-12-10-21-46(53)51-35-44(32-34-54(51)67)40-17-6-2-7-18-40/h1-38H. The van der Waals surface area contributed by atoms with Crippen molar-refractivity contribution in [2.45, 2.75) is 0 Å². The fourth-order valence-corrected chi connectivity index (χ4v) is 10.2. The van der Waals surface area contributed by atoms with Gasteiger partial charge in [0.1, 0.15) is 22.3 Å². The van der Waals surface area contributed by atoms with Gasteiger partial charge in [-0.05, 0) is 82.4 Å². The van der Waals surface area contributed by atoms with Crippen molar-refractivity contribution in [2.75, 3.05) is 0 Å². The molecule has 10 aromatic carbocycles. The summed E-state index contributed by atoms with van der Waals surface area (Å²) in [6.07, 6.45) is 0. The molecular weight excluding hydrogens is 845 g/mol. The summed E-state index contributed by atoms with van der Waals surface area (Å²) in [4.78, 5) is 15.4. The molecule has 0 radical (unpaired) electrons. The molecule has 4 heterocycles. The highest BCUT2D eigenvalue weighted by atomic mass is 16.3. The number of hydrogen-bond acceptors (Lipinski definition) is 5. The number of hydrogen-bond donors (Lipinski definition) is 0. The Hall–Kier alpha value is -9.39. The van der Waals surface area contributed by atoms with Crippen LogP contribution >= 0.6 is 0 Å². The summed E-state index contributed by atoms with van der Waals surface area (Å²) in [7, 11) is 0. The van der Waals surface area contributed by atoms with Crippen LogP contribution in [0.3, 0.4) is 0 Å². The molecule has 4 aromatic heterocycles. The van der Waals surface area contributed by atoms with Crippen molar-refractivity contribution < 1.29 is 8.83 Å². The lowest BCUT2D eigenvalue weighted by molar-refractivity contribution is 0.668. The van der Waals surface area contributed by atoms with E-state index in [9.17, 15) is 0 Å². The molecule has 0 aliphatic rings. The van der Waals surface area contributed by atoms with E-state index >= 15 is 0 Å². The Labute approximate surface area is 396 Å². The Kier molecular flexibility index (Phi) is 8.79. The van der Waals surface area contributed by atoms with Crippen molar-refractivity contribution in [3.8, 4) is 73.2 Å². The summed E-state index contributed by atoms with van der Waals surface area (Å²) in [5.41, 5.74) is 15.8. The van der Waals surface area contributed by atoms with Crippen LogP contribution in [0.5, 0.6) is 0 Å². The van der Waals surface area contributed by atoms with Crippen molar-refractivity contribution in [3.05, 3.63) is 231 Å². The zero-order valence-corrected chi connectivity index (χ0v) is 37.0. The van der Waals surface area contributed by atoms with Crippen molar-refractivity contribution in [2.24, 2.45) is 0 Å². The Bertz CT molecular complexity index is 4290. The van der Waals surface area contributed by atoms with Gasteiger partial charge >= 0.3 is 0 Å². The van der Waals surface area contributed by atoms with Gasteiger partial charge in [-0.15, -0.1) is 0 Å². The third-order valence-electron chi connectivity index (χ3n) is 13.5. The summed E-state index contributed by atoms with van der Waals surface area (Å²) in [6.45, 7) is 0. The molecule has 0 bridgehead atoms. The molecule has 14 rings (SSSR count). The van der Waals surface area contributed by atoms with Gasteiger partial charge in [0, 0.05) is 54.6 Å². The molecule has 0 fully saturated rings. The van der Waals surface area contributed by atoms with Crippen LogP contribution in [0.25, 0.3) is 139 Å². The van der Waals surface area contributed by atoms with Crippen LogP contribution < -0.4 is 0 Å². The molecule has 14 aromatic rings. The van der Waals surface area contributed by atoms with E-state index in [0.717, 1.165) is 99.5 Å². The predicted octanol–water partition coefficient (Wildman–Crippen LogP) is 16.8. The van der Waals surface area contributed by atoms with Crippen LogP contribution in [0.15, 0.2) is 239 Å². The van der Waals surface area contributed by atoms with Crippen LogP contribution in [0.1, 0.15) is 0 Å². The molecule has 6 heteroatoms. The number of nitrogens with zero attached hydrogens (tertiary/aromatic N) is 4. The van der Waals surface area contributed by atoms with Gasteiger partial charge in [0.25, 0.3) is 0 Å². The first kappa shape index (κ1) is 38.8. The van der Waals surface area contributed by atoms with Crippen LogP contribution in [-0.4, -0.2) is 19.5 Å². The zero-order valence-electron chi connectivity index (χ0n) is 37.0. The molecule has 0 saturated heterocycles. The van der Waals surface area contributed by atoms with Gasteiger partial charge in [0.05, 0.1) is 16.7 Å². The second kappa shape index (κ2) is 15.6. The number of aromatic nitrogens is 4. The molecule has 0 spiro atoms. The first-order valence-corrected chi connectivity index (χ1v) is 23.2. The Morgan fingerprint density at radius 1 is 0.275 bits per heavy atom. The lowest BCUT2D eigenvalue weighted by Gasteiger charge is -2.15. The third kappa shape index (κ3) is 6.45. The van der Waals surface area contributed by atoms with Crippen molar-refractivity contribution in [3.63, 3.8) is 0 Å². The van der Waals surface area contributed by atoms with Gasteiger partial charge in [-0.1, -0.05) is 176 Å². The molecule has 0 aliphatic carbocycles. The van der Waals surface area contributed by atoms with E-state index in [1.54, 1.807) is 0 Å². The SMILES string of the molecule is c1ccc(-c2ccc(-c3nc(-c4ccccc4)nc(-c4cccc5oc6cc(-c7cc8oc9ccccc9c8cc7-n7c8ccccc8c8cc(-c9ccccc9)ccc87)ccc6c45)n3)cc2)cc1. The van der Waals surface area contributed by atoms with Crippen molar-refractivity contribution >= 4 is 65.7 Å². The molecule has 322 valence electrons. The maximum Gasteiger partial charge on any atom is 0.164 e. The first-order valence-electron chi connectivity index (χ1n) is 23.2. The van der Waals surface area contributed by atoms with E-state index < -0.39 is 0 Å². The molecule has 0 atom stereocenters. The average Bonchev–Trinajstić information content (AvgIpc) is 4.10.